The largest absolute Gasteiger partial charge is 0.387 e. The fourth-order valence-electron chi connectivity index (χ4n) is 2.76. The SMILES string of the molecule is CCc1noc(C)c1NC(=O)N(CC(O)c1ccc(F)cc1)C1CC1. The maximum Gasteiger partial charge on any atom is 0.322 e. The predicted octanol–water partition coefficient (Wildman–Crippen LogP) is 3.41. The molecule has 0 radical (unpaired) electrons. The second kappa shape index (κ2) is 7.23. The maximum atomic E-state index is 13.0. The van der Waals surface area contributed by atoms with Crippen LogP contribution in [0.5, 0.6) is 0 Å². The van der Waals surface area contributed by atoms with Gasteiger partial charge in [-0.15, -0.1) is 0 Å². The van der Waals surface area contributed by atoms with Gasteiger partial charge in [0.1, 0.15) is 17.2 Å². The molecule has 134 valence electrons. The molecule has 0 bridgehead atoms. The smallest absolute Gasteiger partial charge is 0.322 e. The van der Waals surface area contributed by atoms with E-state index in [0.29, 0.717) is 29.1 Å². The van der Waals surface area contributed by atoms with E-state index >= 15 is 0 Å². The Bertz CT molecular complexity index is 741. The summed E-state index contributed by atoms with van der Waals surface area (Å²) in [4.78, 5) is 14.3. The molecular formula is C18H22FN3O3. The standard InChI is InChI=1S/C18H22FN3O3/c1-3-15-17(11(2)25-21-15)20-18(24)22(14-8-9-14)10-16(23)12-4-6-13(19)7-5-12/h4-7,14,16,23H,3,8-10H2,1-2H3,(H,20,24). The van der Waals surface area contributed by atoms with Crippen LogP contribution >= 0.6 is 0 Å². The molecular weight excluding hydrogens is 325 g/mol. The van der Waals surface area contributed by atoms with E-state index in [1.165, 1.54) is 24.3 Å². The van der Waals surface area contributed by atoms with Crippen molar-refractivity contribution in [2.24, 2.45) is 0 Å². The van der Waals surface area contributed by atoms with Gasteiger partial charge in [0.2, 0.25) is 0 Å². The number of aryl methyl sites for hydroxylation is 2. The second-order valence-corrected chi connectivity index (χ2v) is 6.30. The van der Waals surface area contributed by atoms with E-state index in [4.69, 9.17) is 4.52 Å². The Morgan fingerprint density at radius 3 is 2.72 bits per heavy atom. The van der Waals surface area contributed by atoms with Crippen molar-refractivity contribution in [1.29, 1.82) is 0 Å². The molecule has 3 rings (SSSR count). The van der Waals surface area contributed by atoms with Gasteiger partial charge in [0.05, 0.1) is 12.6 Å². The number of nitrogens with zero attached hydrogens (tertiary/aromatic N) is 2. The number of benzene rings is 1. The highest BCUT2D eigenvalue weighted by Crippen LogP contribution is 2.30. The third-order valence-corrected chi connectivity index (χ3v) is 4.37. The number of urea groups is 1. The van der Waals surface area contributed by atoms with E-state index < -0.39 is 6.10 Å². The van der Waals surface area contributed by atoms with Crippen molar-refractivity contribution < 1.29 is 18.8 Å². The van der Waals surface area contributed by atoms with Crippen LogP contribution in [0.2, 0.25) is 0 Å². The minimum absolute atomic E-state index is 0.111. The van der Waals surface area contributed by atoms with Crippen LogP contribution in [0.1, 0.15) is 42.9 Å². The topological polar surface area (TPSA) is 78.6 Å². The van der Waals surface area contributed by atoms with Gasteiger partial charge < -0.3 is 19.8 Å². The Morgan fingerprint density at radius 1 is 1.44 bits per heavy atom. The number of anilines is 1. The first kappa shape index (κ1) is 17.4. The summed E-state index contributed by atoms with van der Waals surface area (Å²) in [6.07, 6.45) is 1.59. The number of rotatable bonds is 6. The molecule has 1 aliphatic rings. The van der Waals surface area contributed by atoms with E-state index in [0.717, 1.165) is 12.8 Å². The molecule has 0 saturated heterocycles. The zero-order valence-corrected chi connectivity index (χ0v) is 14.3. The fourth-order valence-corrected chi connectivity index (χ4v) is 2.76. The quantitative estimate of drug-likeness (QED) is 0.839. The number of hydrogen-bond donors (Lipinski definition) is 2. The van der Waals surface area contributed by atoms with Crippen molar-refractivity contribution in [2.75, 3.05) is 11.9 Å². The first-order chi connectivity index (χ1) is 12.0. The molecule has 0 aliphatic heterocycles. The Labute approximate surface area is 145 Å². The highest BCUT2D eigenvalue weighted by molar-refractivity contribution is 5.90. The van der Waals surface area contributed by atoms with Crippen LogP contribution in [-0.4, -0.2) is 33.8 Å². The lowest BCUT2D eigenvalue weighted by molar-refractivity contribution is 0.123. The molecule has 7 heteroatoms. The molecule has 1 saturated carbocycles. The van der Waals surface area contributed by atoms with Crippen LogP contribution in [0, 0.1) is 12.7 Å². The van der Waals surface area contributed by atoms with Crippen LogP contribution in [0.3, 0.4) is 0 Å². The van der Waals surface area contributed by atoms with Crippen LogP contribution < -0.4 is 5.32 Å². The summed E-state index contributed by atoms with van der Waals surface area (Å²) < 4.78 is 18.2. The number of hydrogen-bond acceptors (Lipinski definition) is 4. The minimum Gasteiger partial charge on any atom is -0.387 e. The van der Waals surface area contributed by atoms with E-state index in [-0.39, 0.29) is 24.4 Å². The third kappa shape index (κ3) is 3.99. The number of aliphatic hydroxyl groups is 1. The fraction of sp³-hybridized carbons (Fsp3) is 0.444. The van der Waals surface area contributed by atoms with E-state index in [1.54, 1.807) is 11.8 Å². The Hall–Kier alpha value is -2.41. The van der Waals surface area contributed by atoms with Crippen molar-refractivity contribution >= 4 is 11.7 Å². The van der Waals surface area contributed by atoms with Gasteiger partial charge in [-0.05, 0) is 43.9 Å². The van der Waals surface area contributed by atoms with E-state index in [2.05, 4.69) is 10.5 Å². The summed E-state index contributed by atoms with van der Waals surface area (Å²) >= 11 is 0. The van der Waals surface area contributed by atoms with Gasteiger partial charge in [0.25, 0.3) is 0 Å². The Kier molecular flexibility index (Phi) is 5.03. The number of carbonyl (C=O) groups excluding carboxylic acids is 1. The molecule has 1 aromatic carbocycles. The lowest BCUT2D eigenvalue weighted by Gasteiger charge is -2.25. The van der Waals surface area contributed by atoms with Gasteiger partial charge >= 0.3 is 6.03 Å². The molecule has 2 N–H and O–H groups in total. The van der Waals surface area contributed by atoms with Gasteiger partial charge in [-0.2, -0.15) is 0 Å². The van der Waals surface area contributed by atoms with Crippen LogP contribution in [-0.2, 0) is 6.42 Å². The highest BCUT2D eigenvalue weighted by Gasteiger charge is 2.34. The second-order valence-electron chi connectivity index (χ2n) is 6.30. The average molecular weight is 347 g/mol. The van der Waals surface area contributed by atoms with E-state index in [1.807, 2.05) is 6.92 Å². The van der Waals surface area contributed by atoms with Crippen molar-refractivity contribution in [3.63, 3.8) is 0 Å². The molecule has 0 spiro atoms. The first-order valence-corrected chi connectivity index (χ1v) is 8.46. The van der Waals surface area contributed by atoms with Crippen molar-refractivity contribution in [3.05, 3.63) is 47.1 Å². The summed E-state index contributed by atoms with van der Waals surface area (Å²) in [7, 11) is 0. The lowest BCUT2D eigenvalue weighted by atomic mass is 10.1. The Morgan fingerprint density at radius 2 is 2.12 bits per heavy atom. The minimum atomic E-state index is -0.874. The molecule has 1 unspecified atom stereocenters. The predicted molar refractivity (Wildman–Crippen MR) is 90.7 cm³/mol. The molecule has 1 aliphatic carbocycles. The number of halogens is 1. The number of carbonyl (C=O) groups is 1. The van der Waals surface area contributed by atoms with Crippen LogP contribution in [0.4, 0.5) is 14.9 Å². The van der Waals surface area contributed by atoms with Crippen LogP contribution in [0.15, 0.2) is 28.8 Å². The maximum absolute atomic E-state index is 13.0. The highest BCUT2D eigenvalue weighted by atomic mass is 19.1. The molecule has 6 nitrogen and oxygen atoms in total. The van der Waals surface area contributed by atoms with Crippen LogP contribution in [0.25, 0.3) is 0 Å². The number of aliphatic hydroxyl groups excluding tert-OH is 1. The van der Waals surface area contributed by atoms with Gasteiger partial charge in [-0.3, -0.25) is 0 Å². The van der Waals surface area contributed by atoms with Gasteiger partial charge in [0, 0.05) is 6.04 Å². The first-order valence-electron chi connectivity index (χ1n) is 8.46. The third-order valence-electron chi connectivity index (χ3n) is 4.37. The molecule has 1 atom stereocenters. The normalized spacial score (nSPS) is 15.0. The summed E-state index contributed by atoms with van der Waals surface area (Å²) in [6, 6.07) is 5.48. The van der Waals surface area contributed by atoms with Gasteiger partial charge in [-0.1, -0.05) is 24.2 Å². The molecule has 25 heavy (non-hydrogen) atoms. The summed E-state index contributed by atoms with van der Waals surface area (Å²) in [5.74, 6) is 0.197. The molecule has 1 fully saturated rings. The van der Waals surface area contributed by atoms with Gasteiger partial charge in [0.15, 0.2) is 5.76 Å². The van der Waals surface area contributed by atoms with Crippen molar-refractivity contribution in [2.45, 2.75) is 45.3 Å². The monoisotopic (exact) mass is 347 g/mol. The zero-order valence-electron chi connectivity index (χ0n) is 14.3. The summed E-state index contributed by atoms with van der Waals surface area (Å²) in [5.41, 5.74) is 1.87. The number of aromatic nitrogens is 1. The number of amides is 2. The average Bonchev–Trinajstić information content (AvgIpc) is 3.38. The molecule has 1 aromatic heterocycles. The van der Waals surface area contributed by atoms with E-state index in [9.17, 15) is 14.3 Å². The zero-order chi connectivity index (χ0) is 18.0. The summed E-state index contributed by atoms with van der Waals surface area (Å²) in [6.45, 7) is 3.83. The molecule has 2 amide bonds. The van der Waals surface area contributed by atoms with Crippen molar-refractivity contribution in [3.8, 4) is 0 Å². The summed E-state index contributed by atoms with van der Waals surface area (Å²) in [5, 5.41) is 17.2. The Balaban J connectivity index is 1.71. The van der Waals surface area contributed by atoms with Gasteiger partial charge in [-0.25, -0.2) is 9.18 Å². The van der Waals surface area contributed by atoms with Crippen molar-refractivity contribution in [1.82, 2.24) is 10.1 Å². The number of nitrogens with one attached hydrogen (secondary N) is 1. The molecule has 2 aromatic rings. The lowest BCUT2D eigenvalue weighted by Crippen LogP contribution is -2.39. The molecule has 1 heterocycles.